The van der Waals surface area contributed by atoms with Crippen LogP contribution in [-0.4, -0.2) is 52.3 Å². The zero-order valence-corrected chi connectivity index (χ0v) is 14.4. The molecule has 2 aromatic rings. The highest BCUT2D eigenvalue weighted by atomic mass is 16.5. The lowest BCUT2D eigenvalue weighted by molar-refractivity contribution is -0.141. The van der Waals surface area contributed by atoms with Gasteiger partial charge in [0.1, 0.15) is 24.4 Å². The number of carbonyl (C=O) groups excluding carboxylic acids is 1. The van der Waals surface area contributed by atoms with Crippen molar-refractivity contribution in [3.05, 3.63) is 41.5 Å². The third-order valence-corrected chi connectivity index (χ3v) is 4.72. The highest BCUT2D eigenvalue weighted by Gasteiger charge is 2.36. The van der Waals surface area contributed by atoms with Crippen molar-refractivity contribution in [2.24, 2.45) is 0 Å². The molecular weight excluding hydrogens is 320 g/mol. The largest absolute Gasteiger partial charge is 0.492 e. The Morgan fingerprint density at radius 1 is 1.36 bits per heavy atom. The molecule has 4 rings (SSSR count). The van der Waals surface area contributed by atoms with Crippen molar-refractivity contribution in [1.82, 2.24) is 20.1 Å². The summed E-state index contributed by atoms with van der Waals surface area (Å²) in [6.45, 7) is 6.04. The van der Waals surface area contributed by atoms with Gasteiger partial charge in [-0.25, -0.2) is 4.98 Å². The van der Waals surface area contributed by atoms with Crippen molar-refractivity contribution in [2.45, 2.75) is 31.8 Å². The van der Waals surface area contributed by atoms with E-state index in [1.54, 1.807) is 0 Å². The van der Waals surface area contributed by atoms with E-state index in [2.05, 4.69) is 15.2 Å². The summed E-state index contributed by atoms with van der Waals surface area (Å²) < 4.78 is 11.5. The number of hydrogen-bond acceptors (Lipinski definition) is 5. The van der Waals surface area contributed by atoms with Crippen LogP contribution in [0.2, 0.25) is 0 Å². The minimum atomic E-state index is -0.268. The van der Waals surface area contributed by atoms with Crippen molar-refractivity contribution in [3.63, 3.8) is 0 Å². The maximum Gasteiger partial charge on any atom is 0.233 e. The third kappa shape index (κ3) is 3.00. The first kappa shape index (κ1) is 16.1. The summed E-state index contributed by atoms with van der Waals surface area (Å²) in [5.41, 5.74) is 0.970. The van der Waals surface area contributed by atoms with E-state index in [1.807, 2.05) is 43.0 Å². The molecule has 1 N–H and O–H groups in total. The van der Waals surface area contributed by atoms with E-state index in [9.17, 15) is 4.79 Å². The van der Waals surface area contributed by atoms with Gasteiger partial charge in [0.05, 0.1) is 13.2 Å². The predicted molar refractivity (Wildman–Crippen MR) is 90.4 cm³/mol. The van der Waals surface area contributed by atoms with Gasteiger partial charge < -0.3 is 14.4 Å². The van der Waals surface area contributed by atoms with E-state index in [0.717, 1.165) is 17.1 Å². The Labute approximate surface area is 146 Å². The van der Waals surface area contributed by atoms with E-state index >= 15 is 0 Å². The van der Waals surface area contributed by atoms with Gasteiger partial charge in [-0.05, 0) is 6.07 Å². The molecule has 1 fully saturated rings. The summed E-state index contributed by atoms with van der Waals surface area (Å²) in [5, 5.41) is 7.18. The molecule has 7 heteroatoms. The SMILES string of the molecule is CC(C)c1n[nH]c([C@@H]2CN(C(=O)[C@H]3COc4ccccc43)CCO2)n1. The smallest absolute Gasteiger partial charge is 0.233 e. The number of aromatic amines is 1. The molecule has 2 aliphatic rings. The molecule has 0 radical (unpaired) electrons. The zero-order chi connectivity index (χ0) is 17.4. The molecule has 0 spiro atoms. The number of rotatable bonds is 3. The van der Waals surface area contributed by atoms with Crippen molar-refractivity contribution >= 4 is 5.91 Å². The van der Waals surface area contributed by atoms with E-state index in [1.165, 1.54) is 0 Å². The van der Waals surface area contributed by atoms with E-state index < -0.39 is 0 Å². The number of amides is 1. The van der Waals surface area contributed by atoms with Gasteiger partial charge in [0.25, 0.3) is 0 Å². The monoisotopic (exact) mass is 342 g/mol. The van der Waals surface area contributed by atoms with Gasteiger partial charge in [-0.2, -0.15) is 5.10 Å². The lowest BCUT2D eigenvalue weighted by Crippen LogP contribution is -2.45. The Hall–Kier alpha value is -2.41. The second-order valence-electron chi connectivity index (χ2n) is 6.78. The molecule has 25 heavy (non-hydrogen) atoms. The van der Waals surface area contributed by atoms with Crippen LogP contribution in [0.3, 0.4) is 0 Å². The number of nitrogens with zero attached hydrogens (tertiary/aromatic N) is 3. The standard InChI is InChI=1S/C18H22N4O3/c1-11(2)16-19-17(21-20-16)15-9-22(7-8-24-15)18(23)13-10-25-14-6-4-3-5-12(13)14/h3-6,11,13,15H,7-10H2,1-2H3,(H,19,20,21)/t13-,15-/m0/s1. The molecule has 0 unspecified atom stereocenters. The summed E-state index contributed by atoms with van der Waals surface area (Å²) in [6.07, 6.45) is -0.268. The van der Waals surface area contributed by atoms with Crippen LogP contribution in [0, 0.1) is 0 Å². The molecular formula is C18H22N4O3. The highest BCUT2D eigenvalue weighted by molar-refractivity contribution is 5.85. The van der Waals surface area contributed by atoms with Crippen LogP contribution >= 0.6 is 0 Å². The average Bonchev–Trinajstić information content (AvgIpc) is 3.28. The van der Waals surface area contributed by atoms with Crippen LogP contribution in [0.1, 0.15) is 49.0 Å². The molecule has 2 aliphatic heterocycles. The fourth-order valence-electron chi connectivity index (χ4n) is 3.29. The number of para-hydroxylation sites is 1. The normalized spacial score (nSPS) is 22.8. The molecule has 0 saturated carbocycles. The second kappa shape index (κ2) is 6.48. The highest BCUT2D eigenvalue weighted by Crippen LogP contribution is 2.35. The third-order valence-electron chi connectivity index (χ3n) is 4.72. The fraction of sp³-hybridized carbons (Fsp3) is 0.500. The van der Waals surface area contributed by atoms with Gasteiger partial charge in [0.15, 0.2) is 11.6 Å². The summed E-state index contributed by atoms with van der Waals surface area (Å²) in [7, 11) is 0. The van der Waals surface area contributed by atoms with Crippen LogP contribution in [0.5, 0.6) is 5.75 Å². The first-order valence-corrected chi connectivity index (χ1v) is 8.68. The van der Waals surface area contributed by atoms with Crippen molar-refractivity contribution in [2.75, 3.05) is 26.3 Å². The molecule has 1 amide bonds. The number of hydrogen-bond donors (Lipinski definition) is 1. The number of aromatic nitrogens is 3. The Bertz CT molecular complexity index is 773. The van der Waals surface area contributed by atoms with E-state index in [0.29, 0.717) is 32.1 Å². The number of H-pyrrole nitrogens is 1. The van der Waals surface area contributed by atoms with E-state index in [-0.39, 0.29) is 23.8 Å². The number of ether oxygens (including phenoxy) is 2. The van der Waals surface area contributed by atoms with E-state index in [4.69, 9.17) is 9.47 Å². The molecule has 0 bridgehead atoms. The molecule has 2 atom stereocenters. The number of fused-ring (bicyclic) bond motifs is 1. The first-order valence-electron chi connectivity index (χ1n) is 8.68. The minimum absolute atomic E-state index is 0.0850. The summed E-state index contributed by atoms with van der Waals surface area (Å²) in [6, 6.07) is 7.74. The van der Waals surface area contributed by atoms with Crippen molar-refractivity contribution in [1.29, 1.82) is 0 Å². The maximum atomic E-state index is 13.0. The molecule has 1 aromatic heterocycles. The number of benzene rings is 1. The van der Waals surface area contributed by atoms with Gasteiger partial charge in [-0.3, -0.25) is 9.89 Å². The lowest BCUT2D eigenvalue weighted by atomic mass is 9.99. The van der Waals surface area contributed by atoms with Gasteiger partial charge in [0, 0.05) is 18.0 Å². The molecule has 0 aliphatic carbocycles. The molecule has 7 nitrogen and oxygen atoms in total. The maximum absolute atomic E-state index is 13.0. The summed E-state index contributed by atoms with van der Waals surface area (Å²) in [4.78, 5) is 19.4. The Balaban J connectivity index is 1.48. The minimum Gasteiger partial charge on any atom is -0.492 e. The van der Waals surface area contributed by atoms with Crippen LogP contribution in [-0.2, 0) is 9.53 Å². The Morgan fingerprint density at radius 3 is 3.00 bits per heavy atom. The number of morpholine rings is 1. The predicted octanol–water partition coefficient (Wildman–Crippen LogP) is 2.00. The Morgan fingerprint density at radius 2 is 2.20 bits per heavy atom. The van der Waals surface area contributed by atoms with Gasteiger partial charge in [-0.1, -0.05) is 32.0 Å². The number of carbonyl (C=O) groups is 1. The van der Waals surface area contributed by atoms with Crippen LogP contribution in [0.15, 0.2) is 24.3 Å². The quantitative estimate of drug-likeness (QED) is 0.923. The lowest BCUT2D eigenvalue weighted by Gasteiger charge is -2.33. The fourth-order valence-corrected chi connectivity index (χ4v) is 3.29. The Kier molecular flexibility index (Phi) is 4.17. The summed E-state index contributed by atoms with van der Waals surface area (Å²) >= 11 is 0. The zero-order valence-electron chi connectivity index (χ0n) is 14.4. The number of nitrogens with one attached hydrogen (secondary N) is 1. The average molecular weight is 342 g/mol. The van der Waals surface area contributed by atoms with Gasteiger partial charge in [0.2, 0.25) is 5.91 Å². The van der Waals surface area contributed by atoms with Crippen molar-refractivity contribution < 1.29 is 14.3 Å². The second-order valence-corrected chi connectivity index (χ2v) is 6.78. The molecule has 132 valence electrons. The molecule has 1 saturated heterocycles. The molecule has 1 aromatic carbocycles. The topological polar surface area (TPSA) is 80.3 Å². The van der Waals surface area contributed by atoms with Crippen LogP contribution < -0.4 is 4.74 Å². The first-order chi connectivity index (χ1) is 12.1. The van der Waals surface area contributed by atoms with Crippen LogP contribution in [0.4, 0.5) is 0 Å². The van der Waals surface area contributed by atoms with Crippen LogP contribution in [0.25, 0.3) is 0 Å². The van der Waals surface area contributed by atoms with Crippen molar-refractivity contribution in [3.8, 4) is 5.75 Å². The summed E-state index contributed by atoms with van der Waals surface area (Å²) in [5.74, 6) is 2.35. The van der Waals surface area contributed by atoms with Gasteiger partial charge >= 0.3 is 0 Å². The molecule has 3 heterocycles. The van der Waals surface area contributed by atoms with Gasteiger partial charge in [-0.15, -0.1) is 0 Å².